The summed E-state index contributed by atoms with van der Waals surface area (Å²) in [4.78, 5) is 11.4. The smallest absolute Gasteiger partial charge is 0.328 e. The van der Waals surface area contributed by atoms with Crippen LogP contribution in [0.4, 0.5) is 0 Å². The molecule has 0 heterocycles. The predicted octanol–water partition coefficient (Wildman–Crippen LogP) is 3.24. The van der Waals surface area contributed by atoms with Crippen molar-refractivity contribution in [3.05, 3.63) is 53.6 Å². The lowest BCUT2D eigenvalue weighted by Gasteiger charge is -2.16. The van der Waals surface area contributed by atoms with Crippen LogP contribution in [0.5, 0.6) is 23.0 Å². The monoisotopic (exact) mass is 344 g/mol. The third-order valence-corrected chi connectivity index (χ3v) is 3.66. The highest BCUT2D eigenvalue weighted by Gasteiger charge is 2.17. The van der Waals surface area contributed by atoms with Crippen molar-refractivity contribution in [1.82, 2.24) is 0 Å². The summed E-state index contributed by atoms with van der Waals surface area (Å²) in [6, 6.07) is 10.5. The molecule has 0 unspecified atom stereocenters. The highest BCUT2D eigenvalue weighted by Crippen LogP contribution is 2.39. The quantitative estimate of drug-likeness (QED) is 0.777. The molecule has 0 bridgehead atoms. The summed E-state index contributed by atoms with van der Waals surface area (Å²) in [6.45, 7) is 0. The van der Waals surface area contributed by atoms with E-state index >= 15 is 0 Å². The van der Waals surface area contributed by atoms with Crippen LogP contribution in [0.1, 0.15) is 11.1 Å². The fourth-order valence-corrected chi connectivity index (χ4v) is 2.54. The van der Waals surface area contributed by atoms with E-state index in [1.54, 1.807) is 36.4 Å². The first-order chi connectivity index (χ1) is 12.0. The Hall–Kier alpha value is -3.15. The molecule has 0 aliphatic heterocycles. The molecule has 0 spiro atoms. The van der Waals surface area contributed by atoms with E-state index in [0.717, 1.165) is 6.08 Å². The van der Waals surface area contributed by atoms with E-state index in [-0.39, 0.29) is 0 Å². The van der Waals surface area contributed by atoms with Gasteiger partial charge < -0.3 is 24.1 Å². The molecule has 6 heteroatoms. The van der Waals surface area contributed by atoms with E-state index in [0.29, 0.717) is 39.7 Å². The second-order valence-electron chi connectivity index (χ2n) is 5.01. The molecule has 0 aliphatic carbocycles. The van der Waals surface area contributed by atoms with Crippen LogP contribution >= 0.6 is 0 Å². The first kappa shape index (κ1) is 18.2. The molecule has 132 valence electrons. The zero-order valence-corrected chi connectivity index (χ0v) is 14.5. The second kappa shape index (κ2) is 8.10. The molecule has 0 radical (unpaired) electrons. The Morgan fingerprint density at radius 1 is 0.880 bits per heavy atom. The van der Waals surface area contributed by atoms with E-state index < -0.39 is 5.97 Å². The number of carboxylic acids is 1. The summed E-state index contributed by atoms with van der Waals surface area (Å²) >= 11 is 0. The Balaban J connectivity index is 2.69. The molecular weight excluding hydrogens is 324 g/mol. The number of carbonyl (C=O) groups is 1. The first-order valence-electron chi connectivity index (χ1n) is 7.44. The van der Waals surface area contributed by atoms with Gasteiger partial charge in [0.05, 0.1) is 28.4 Å². The average Bonchev–Trinajstić information content (AvgIpc) is 2.64. The maximum Gasteiger partial charge on any atom is 0.328 e. The third kappa shape index (κ3) is 3.85. The topological polar surface area (TPSA) is 74.2 Å². The van der Waals surface area contributed by atoms with E-state index in [2.05, 4.69) is 0 Å². The van der Waals surface area contributed by atoms with Crippen LogP contribution in [0.3, 0.4) is 0 Å². The lowest BCUT2D eigenvalue weighted by Crippen LogP contribution is -2.00. The molecule has 0 aromatic heterocycles. The molecule has 0 aliphatic rings. The van der Waals surface area contributed by atoms with E-state index in [1.807, 2.05) is 0 Å². The molecule has 0 amide bonds. The minimum absolute atomic E-state index is 0.451. The molecule has 0 fully saturated rings. The molecule has 2 rings (SSSR count). The van der Waals surface area contributed by atoms with E-state index in [1.165, 1.54) is 28.4 Å². The number of para-hydroxylation sites is 1. The van der Waals surface area contributed by atoms with Crippen molar-refractivity contribution in [2.45, 2.75) is 0 Å². The van der Waals surface area contributed by atoms with Gasteiger partial charge in [0.2, 0.25) is 0 Å². The molecule has 2 aromatic rings. The van der Waals surface area contributed by atoms with Crippen molar-refractivity contribution in [2.75, 3.05) is 28.4 Å². The minimum atomic E-state index is -1.07. The maximum absolute atomic E-state index is 11.4. The Bertz CT molecular complexity index is 794. The Labute approximate surface area is 146 Å². The summed E-state index contributed by atoms with van der Waals surface area (Å²) < 4.78 is 21.3. The molecule has 0 saturated heterocycles. The number of ether oxygens (including phenoxy) is 4. The van der Waals surface area contributed by atoms with Gasteiger partial charge in [-0.05, 0) is 23.8 Å². The van der Waals surface area contributed by atoms with Crippen LogP contribution in [0, 0.1) is 0 Å². The van der Waals surface area contributed by atoms with Crippen molar-refractivity contribution < 1.29 is 28.8 Å². The molecular formula is C19H20O6. The molecule has 0 atom stereocenters. The lowest BCUT2D eigenvalue weighted by molar-refractivity contribution is -0.131. The van der Waals surface area contributed by atoms with Crippen molar-refractivity contribution >= 4 is 11.5 Å². The van der Waals surface area contributed by atoms with Gasteiger partial charge in [-0.1, -0.05) is 18.2 Å². The van der Waals surface area contributed by atoms with Gasteiger partial charge in [-0.15, -0.1) is 0 Å². The zero-order chi connectivity index (χ0) is 18.4. The van der Waals surface area contributed by atoms with Gasteiger partial charge in [-0.3, -0.25) is 0 Å². The van der Waals surface area contributed by atoms with Crippen LogP contribution < -0.4 is 18.9 Å². The number of hydrogen-bond acceptors (Lipinski definition) is 5. The molecule has 6 nitrogen and oxygen atoms in total. The Kier molecular flexibility index (Phi) is 5.89. The predicted molar refractivity (Wildman–Crippen MR) is 93.8 cm³/mol. The van der Waals surface area contributed by atoms with Gasteiger partial charge in [0.15, 0.2) is 23.0 Å². The van der Waals surface area contributed by atoms with Crippen molar-refractivity contribution in [1.29, 1.82) is 0 Å². The second-order valence-corrected chi connectivity index (χ2v) is 5.01. The number of aliphatic carboxylic acids is 1. The largest absolute Gasteiger partial charge is 0.493 e. The summed E-state index contributed by atoms with van der Waals surface area (Å²) in [7, 11) is 6.10. The fourth-order valence-electron chi connectivity index (χ4n) is 2.54. The number of carboxylic acid groups (broad SMARTS) is 1. The van der Waals surface area contributed by atoms with E-state index in [9.17, 15) is 9.90 Å². The molecule has 25 heavy (non-hydrogen) atoms. The summed E-state index contributed by atoms with van der Waals surface area (Å²) in [5, 5.41) is 9.32. The highest BCUT2D eigenvalue weighted by atomic mass is 16.5. The van der Waals surface area contributed by atoms with Crippen molar-refractivity contribution in [3.63, 3.8) is 0 Å². The minimum Gasteiger partial charge on any atom is -0.493 e. The van der Waals surface area contributed by atoms with Crippen LogP contribution in [0.2, 0.25) is 0 Å². The Morgan fingerprint density at radius 3 is 2.12 bits per heavy atom. The maximum atomic E-state index is 11.4. The normalized spacial score (nSPS) is 11.0. The van der Waals surface area contributed by atoms with E-state index in [4.69, 9.17) is 18.9 Å². The number of benzene rings is 2. The van der Waals surface area contributed by atoms with Crippen molar-refractivity contribution in [3.8, 4) is 23.0 Å². The zero-order valence-electron chi connectivity index (χ0n) is 14.5. The van der Waals surface area contributed by atoms with Crippen molar-refractivity contribution in [2.24, 2.45) is 0 Å². The Morgan fingerprint density at radius 2 is 1.56 bits per heavy atom. The average molecular weight is 344 g/mol. The molecule has 2 aromatic carbocycles. The summed E-state index contributed by atoms with van der Waals surface area (Å²) in [5.74, 6) is 0.940. The van der Waals surface area contributed by atoms with Crippen LogP contribution in [-0.4, -0.2) is 39.5 Å². The van der Waals surface area contributed by atoms with Gasteiger partial charge in [-0.25, -0.2) is 4.79 Å². The SMILES string of the molecule is COc1ccc(C(=CC(=O)O)c2cccc(OC)c2OC)cc1OC. The first-order valence-corrected chi connectivity index (χ1v) is 7.44. The highest BCUT2D eigenvalue weighted by molar-refractivity contribution is 5.97. The summed E-state index contributed by atoms with van der Waals surface area (Å²) in [5.41, 5.74) is 1.70. The summed E-state index contributed by atoms with van der Waals surface area (Å²) in [6.07, 6.45) is 1.12. The van der Waals surface area contributed by atoms with Crippen LogP contribution in [-0.2, 0) is 4.79 Å². The number of rotatable bonds is 7. The fraction of sp³-hybridized carbons (Fsp3) is 0.211. The molecule has 1 N–H and O–H groups in total. The number of methoxy groups -OCH3 is 4. The number of hydrogen-bond donors (Lipinski definition) is 1. The van der Waals surface area contributed by atoms with Crippen LogP contribution in [0.15, 0.2) is 42.5 Å². The lowest BCUT2D eigenvalue weighted by atomic mass is 9.96. The third-order valence-electron chi connectivity index (χ3n) is 3.66. The van der Waals surface area contributed by atoms with Crippen LogP contribution in [0.25, 0.3) is 5.57 Å². The van der Waals surface area contributed by atoms with Gasteiger partial charge in [-0.2, -0.15) is 0 Å². The van der Waals surface area contributed by atoms with Gasteiger partial charge in [0.25, 0.3) is 0 Å². The van der Waals surface area contributed by atoms with Gasteiger partial charge in [0.1, 0.15) is 0 Å². The van der Waals surface area contributed by atoms with Gasteiger partial charge >= 0.3 is 5.97 Å². The standard InChI is InChI=1S/C19H20O6/c1-22-15-9-8-12(10-17(15)24-3)14(11-18(20)21)13-6-5-7-16(23-2)19(13)25-4/h5-11H,1-4H3,(H,20,21). The molecule has 0 saturated carbocycles. The van der Waals surface area contributed by atoms with Gasteiger partial charge in [0, 0.05) is 17.2 Å².